The Morgan fingerprint density at radius 3 is 2.29 bits per heavy atom. The van der Waals surface area contributed by atoms with Gasteiger partial charge in [0.15, 0.2) is 0 Å². The molecule has 1 aliphatic rings. The molecule has 0 radical (unpaired) electrons. The van der Waals surface area contributed by atoms with Crippen LogP contribution in [0.4, 0.5) is 0 Å². The molecule has 0 aromatic rings. The molecule has 0 saturated heterocycles. The van der Waals surface area contributed by atoms with Gasteiger partial charge in [-0.25, -0.2) is 0 Å². The predicted molar refractivity (Wildman–Crippen MR) is 87.0 cm³/mol. The zero-order chi connectivity index (χ0) is 16.0. The van der Waals surface area contributed by atoms with Gasteiger partial charge in [0.05, 0.1) is 5.60 Å². The molecule has 1 saturated carbocycles. The SMILES string of the molecule is CCC(C)NC(=O)C(C)OC1(CN)CCC(C(C)C)CC1. The maximum atomic E-state index is 12.1. The van der Waals surface area contributed by atoms with Crippen LogP contribution in [0.1, 0.15) is 66.7 Å². The van der Waals surface area contributed by atoms with Gasteiger partial charge in [0.1, 0.15) is 6.10 Å². The monoisotopic (exact) mass is 298 g/mol. The topological polar surface area (TPSA) is 64.3 Å². The summed E-state index contributed by atoms with van der Waals surface area (Å²) in [5.74, 6) is 1.45. The molecule has 0 aromatic carbocycles. The summed E-state index contributed by atoms with van der Waals surface area (Å²) in [5, 5.41) is 2.98. The fourth-order valence-corrected chi connectivity index (χ4v) is 3.09. The number of hydrogen-bond acceptors (Lipinski definition) is 3. The minimum absolute atomic E-state index is 0.0249. The first kappa shape index (κ1) is 18.4. The van der Waals surface area contributed by atoms with E-state index in [-0.39, 0.29) is 17.6 Å². The molecule has 2 unspecified atom stereocenters. The maximum Gasteiger partial charge on any atom is 0.249 e. The molecule has 0 heterocycles. The third-order valence-corrected chi connectivity index (χ3v) is 5.05. The molecule has 2 atom stereocenters. The Labute approximate surface area is 130 Å². The molecule has 1 aliphatic carbocycles. The molecule has 124 valence electrons. The van der Waals surface area contributed by atoms with Gasteiger partial charge in [0.2, 0.25) is 5.91 Å². The standard InChI is InChI=1S/C17H34N2O2/c1-6-13(4)19-16(20)14(5)21-17(11-18)9-7-15(8-10-17)12(2)3/h12-15H,6-11,18H2,1-5H3,(H,19,20). The molecule has 21 heavy (non-hydrogen) atoms. The number of nitrogens with one attached hydrogen (secondary N) is 1. The first-order valence-electron chi connectivity index (χ1n) is 8.51. The molecule has 1 fully saturated rings. The Bertz CT molecular complexity index is 323. The Kier molecular flexibility index (Phi) is 7.14. The predicted octanol–water partition coefficient (Wildman–Crippen LogP) is 2.85. The van der Waals surface area contributed by atoms with Gasteiger partial charge in [-0.05, 0) is 57.8 Å². The number of nitrogens with two attached hydrogens (primary N) is 1. The Morgan fingerprint density at radius 2 is 1.86 bits per heavy atom. The van der Waals surface area contributed by atoms with E-state index in [2.05, 4.69) is 26.1 Å². The van der Waals surface area contributed by atoms with Crippen molar-refractivity contribution in [1.82, 2.24) is 5.32 Å². The summed E-state index contributed by atoms with van der Waals surface area (Å²) < 4.78 is 6.13. The summed E-state index contributed by atoms with van der Waals surface area (Å²) in [6.07, 6.45) is 4.72. The zero-order valence-corrected chi connectivity index (χ0v) is 14.4. The summed E-state index contributed by atoms with van der Waals surface area (Å²) >= 11 is 0. The Morgan fingerprint density at radius 1 is 1.29 bits per heavy atom. The molecule has 0 bridgehead atoms. The first-order valence-corrected chi connectivity index (χ1v) is 8.51. The van der Waals surface area contributed by atoms with Crippen molar-refractivity contribution < 1.29 is 9.53 Å². The van der Waals surface area contributed by atoms with Gasteiger partial charge in [-0.3, -0.25) is 4.79 Å². The van der Waals surface area contributed by atoms with Crippen molar-refractivity contribution in [2.75, 3.05) is 6.54 Å². The number of amides is 1. The van der Waals surface area contributed by atoms with Crippen molar-refractivity contribution in [2.24, 2.45) is 17.6 Å². The van der Waals surface area contributed by atoms with Gasteiger partial charge < -0.3 is 15.8 Å². The van der Waals surface area contributed by atoms with Crippen molar-refractivity contribution in [1.29, 1.82) is 0 Å². The van der Waals surface area contributed by atoms with E-state index in [0.29, 0.717) is 12.5 Å². The van der Waals surface area contributed by atoms with Crippen LogP contribution >= 0.6 is 0 Å². The van der Waals surface area contributed by atoms with Crippen LogP contribution in [0.15, 0.2) is 0 Å². The van der Waals surface area contributed by atoms with Gasteiger partial charge in [0.25, 0.3) is 0 Å². The van der Waals surface area contributed by atoms with E-state index in [1.54, 1.807) is 0 Å². The van der Waals surface area contributed by atoms with E-state index in [1.165, 1.54) is 0 Å². The minimum Gasteiger partial charge on any atom is -0.361 e. The number of ether oxygens (including phenoxy) is 1. The van der Waals surface area contributed by atoms with E-state index in [4.69, 9.17) is 10.5 Å². The highest BCUT2D eigenvalue weighted by Gasteiger charge is 2.38. The van der Waals surface area contributed by atoms with Gasteiger partial charge in [-0.2, -0.15) is 0 Å². The number of hydrogen-bond donors (Lipinski definition) is 2. The highest BCUT2D eigenvalue weighted by molar-refractivity contribution is 5.80. The second kappa shape index (κ2) is 8.14. The minimum atomic E-state index is -0.432. The largest absolute Gasteiger partial charge is 0.361 e. The number of carbonyl (C=O) groups excluding carboxylic acids is 1. The van der Waals surface area contributed by atoms with E-state index in [0.717, 1.165) is 38.0 Å². The number of rotatable bonds is 7. The second-order valence-electron chi connectivity index (χ2n) is 7.05. The lowest BCUT2D eigenvalue weighted by Gasteiger charge is -2.41. The Balaban J connectivity index is 2.55. The third-order valence-electron chi connectivity index (χ3n) is 5.05. The van der Waals surface area contributed by atoms with E-state index in [1.807, 2.05) is 13.8 Å². The van der Waals surface area contributed by atoms with E-state index < -0.39 is 6.10 Å². The molecule has 0 aromatic heterocycles. The molecule has 4 nitrogen and oxygen atoms in total. The lowest BCUT2D eigenvalue weighted by atomic mass is 9.74. The highest BCUT2D eigenvalue weighted by atomic mass is 16.5. The summed E-state index contributed by atoms with van der Waals surface area (Å²) in [6.45, 7) is 11.0. The van der Waals surface area contributed by atoms with E-state index >= 15 is 0 Å². The molecule has 0 spiro atoms. The number of carbonyl (C=O) groups is 1. The zero-order valence-electron chi connectivity index (χ0n) is 14.4. The van der Waals surface area contributed by atoms with Crippen molar-refractivity contribution in [3.8, 4) is 0 Å². The van der Waals surface area contributed by atoms with Crippen LogP contribution in [-0.4, -0.2) is 30.2 Å². The highest BCUT2D eigenvalue weighted by Crippen LogP contribution is 2.38. The van der Waals surface area contributed by atoms with Crippen LogP contribution in [0.5, 0.6) is 0 Å². The molecular weight excluding hydrogens is 264 g/mol. The Hall–Kier alpha value is -0.610. The quantitative estimate of drug-likeness (QED) is 0.759. The first-order chi connectivity index (χ1) is 9.83. The molecular formula is C17H34N2O2. The fourth-order valence-electron chi connectivity index (χ4n) is 3.09. The van der Waals surface area contributed by atoms with Crippen LogP contribution in [0.3, 0.4) is 0 Å². The molecule has 1 rings (SSSR count). The van der Waals surface area contributed by atoms with Crippen LogP contribution < -0.4 is 11.1 Å². The average molecular weight is 298 g/mol. The normalized spacial score (nSPS) is 29.2. The van der Waals surface area contributed by atoms with Crippen molar-refractivity contribution in [3.63, 3.8) is 0 Å². The molecule has 3 N–H and O–H groups in total. The summed E-state index contributed by atoms with van der Waals surface area (Å²) in [4.78, 5) is 12.1. The van der Waals surface area contributed by atoms with Crippen LogP contribution in [0.25, 0.3) is 0 Å². The van der Waals surface area contributed by atoms with Gasteiger partial charge >= 0.3 is 0 Å². The fraction of sp³-hybridized carbons (Fsp3) is 0.941. The second-order valence-corrected chi connectivity index (χ2v) is 7.05. The van der Waals surface area contributed by atoms with Crippen LogP contribution in [-0.2, 0) is 9.53 Å². The summed E-state index contributed by atoms with van der Waals surface area (Å²) in [5.41, 5.74) is 5.67. The summed E-state index contributed by atoms with van der Waals surface area (Å²) in [6, 6.07) is 0.189. The smallest absolute Gasteiger partial charge is 0.249 e. The van der Waals surface area contributed by atoms with Gasteiger partial charge in [-0.15, -0.1) is 0 Å². The maximum absolute atomic E-state index is 12.1. The summed E-state index contributed by atoms with van der Waals surface area (Å²) in [7, 11) is 0. The molecule has 1 amide bonds. The van der Waals surface area contributed by atoms with Gasteiger partial charge in [0, 0.05) is 12.6 Å². The van der Waals surface area contributed by atoms with Gasteiger partial charge in [-0.1, -0.05) is 20.8 Å². The average Bonchev–Trinajstić information content (AvgIpc) is 2.47. The van der Waals surface area contributed by atoms with E-state index in [9.17, 15) is 4.79 Å². The van der Waals surface area contributed by atoms with Crippen LogP contribution in [0.2, 0.25) is 0 Å². The molecule has 4 heteroatoms. The van der Waals surface area contributed by atoms with Crippen LogP contribution in [0, 0.1) is 11.8 Å². The lowest BCUT2D eigenvalue weighted by molar-refractivity contribution is -0.151. The molecule has 0 aliphatic heterocycles. The van der Waals surface area contributed by atoms with Crippen molar-refractivity contribution in [3.05, 3.63) is 0 Å². The van der Waals surface area contributed by atoms with Crippen molar-refractivity contribution in [2.45, 2.75) is 84.5 Å². The lowest BCUT2D eigenvalue weighted by Crippen LogP contribution is -2.50. The third kappa shape index (κ3) is 5.26. The van der Waals surface area contributed by atoms with Crippen molar-refractivity contribution >= 4 is 5.91 Å².